The summed E-state index contributed by atoms with van der Waals surface area (Å²) in [4.78, 5) is 27.7. The minimum Gasteiger partial charge on any atom is -0.355 e. The van der Waals surface area contributed by atoms with Gasteiger partial charge in [-0.25, -0.2) is 19.6 Å². The Balaban J connectivity index is 1.19. The number of nitrogens with one attached hydrogen (secondary N) is 1. The van der Waals surface area contributed by atoms with Crippen LogP contribution in [0, 0.1) is 26.7 Å². The molecule has 1 fully saturated rings. The van der Waals surface area contributed by atoms with Gasteiger partial charge in [-0.15, -0.1) is 10.2 Å². The van der Waals surface area contributed by atoms with Crippen LogP contribution in [0.25, 0.3) is 11.6 Å². The topological polar surface area (TPSA) is 120 Å². The zero-order chi connectivity index (χ0) is 23.7. The van der Waals surface area contributed by atoms with Gasteiger partial charge in [0.1, 0.15) is 23.8 Å². The van der Waals surface area contributed by atoms with Gasteiger partial charge >= 0.3 is 0 Å². The van der Waals surface area contributed by atoms with Crippen LogP contribution in [0.2, 0.25) is 0 Å². The number of rotatable bonds is 5. The van der Waals surface area contributed by atoms with Gasteiger partial charge < -0.3 is 10.2 Å². The van der Waals surface area contributed by atoms with Crippen LogP contribution in [0.15, 0.2) is 43.0 Å². The standard InChI is InChI=1S/C23H26N10O/c1-15-12-16(2)33(30-15)21-5-4-20(28-29-21)31-9-6-18(7-10-31)23(34)27-19-13-22(26-14-25-19)32-11-8-24-17(32)3/h4-5,8,11-14,18H,6-7,9-10H2,1-3H3,(H,25,26,27,34). The molecule has 0 bridgehead atoms. The lowest BCUT2D eigenvalue weighted by molar-refractivity contribution is -0.120. The molecule has 1 N–H and O–H groups in total. The van der Waals surface area contributed by atoms with Crippen LogP contribution in [-0.4, -0.2) is 58.5 Å². The third kappa shape index (κ3) is 4.36. The van der Waals surface area contributed by atoms with Crippen LogP contribution < -0.4 is 10.2 Å². The molecule has 5 rings (SSSR count). The molecule has 1 aliphatic heterocycles. The van der Waals surface area contributed by atoms with Crippen molar-refractivity contribution in [3.8, 4) is 11.6 Å². The Morgan fingerprint density at radius 2 is 1.74 bits per heavy atom. The summed E-state index contributed by atoms with van der Waals surface area (Å²) in [6.45, 7) is 7.30. The third-order valence-electron chi connectivity index (χ3n) is 6.03. The van der Waals surface area contributed by atoms with Crippen molar-refractivity contribution in [2.24, 2.45) is 5.92 Å². The number of piperidine rings is 1. The van der Waals surface area contributed by atoms with Gasteiger partial charge in [-0.2, -0.15) is 5.10 Å². The number of carbonyl (C=O) groups is 1. The van der Waals surface area contributed by atoms with Gasteiger partial charge in [0, 0.05) is 43.2 Å². The molecule has 4 aromatic rings. The van der Waals surface area contributed by atoms with E-state index < -0.39 is 0 Å². The van der Waals surface area contributed by atoms with E-state index >= 15 is 0 Å². The van der Waals surface area contributed by atoms with Crippen molar-refractivity contribution in [1.82, 2.24) is 39.5 Å². The Kier molecular flexibility index (Phi) is 5.74. The monoisotopic (exact) mass is 458 g/mol. The number of hydrogen-bond acceptors (Lipinski definition) is 8. The molecule has 0 aliphatic carbocycles. The van der Waals surface area contributed by atoms with E-state index in [0.29, 0.717) is 17.5 Å². The maximum atomic E-state index is 12.9. The van der Waals surface area contributed by atoms with Gasteiger partial charge in [0.05, 0.1) is 5.69 Å². The van der Waals surface area contributed by atoms with Crippen molar-refractivity contribution in [3.05, 3.63) is 60.2 Å². The number of carbonyl (C=O) groups excluding carboxylic acids is 1. The molecule has 0 aromatic carbocycles. The molecule has 11 nitrogen and oxygen atoms in total. The van der Waals surface area contributed by atoms with Crippen LogP contribution in [0.4, 0.5) is 11.6 Å². The number of aryl methyl sites for hydroxylation is 3. The van der Waals surface area contributed by atoms with Crippen molar-refractivity contribution in [1.29, 1.82) is 0 Å². The summed E-state index contributed by atoms with van der Waals surface area (Å²) in [6, 6.07) is 7.64. The molecule has 0 saturated carbocycles. The second-order valence-electron chi connectivity index (χ2n) is 8.45. The van der Waals surface area contributed by atoms with Gasteiger partial charge in [-0.3, -0.25) is 9.36 Å². The first-order chi connectivity index (χ1) is 16.5. The highest BCUT2D eigenvalue weighted by molar-refractivity contribution is 5.92. The average molecular weight is 459 g/mol. The number of nitrogens with zero attached hydrogens (tertiary/aromatic N) is 9. The van der Waals surface area contributed by atoms with Crippen molar-refractivity contribution in [3.63, 3.8) is 0 Å². The summed E-state index contributed by atoms with van der Waals surface area (Å²) in [5.74, 6) is 3.34. The summed E-state index contributed by atoms with van der Waals surface area (Å²) in [5, 5.41) is 16.1. The number of anilines is 2. The van der Waals surface area contributed by atoms with Gasteiger partial charge in [-0.1, -0.05) is 0 Å². The molecule has 0 atom stereocenters. The van der Waals surface area contributed by atoms with E-state index in [1.165, 1.54) is 6.33 Å². The molecule has 1 amide bonds. The SMILES string of the molecule is Cc1cc(C)n(-c2ccc(N3CCC(C(=O)Nc4cc(-n5ccnc5C)ncn4)CC3)nn2)n1. The van der Waals surface area contributed by atoms with E-state index in [2.05, 4.69) is 40.5 Å². The van der Waals surface area contributed by atoms with Crippen molar-refractivity contribution in [2.75, 3.05) is 23.3 Å². The number of amides is 1. The van der Waals surface area contributed by atoms with E-state index in [1.54, 1.807) is 16.9 Å². The summed E-state index contributed by atoms with van der Waals surface area (Å²) in [6.07, 6.45) is 6.43. The fourth-order valence-corrected chi connectivity index (χ4v) is 4.23. The molecular formula is C23H26N10O. The molecule has 34 heavy (non-hydrogen) atoms. The predicted molar refractivity (Wildman–Crippen MR) is 126 cm³/mol. The van der Waals surface area contributed by atoms with Gasteiger partial charge in [0.25, 0.3) is 0 Å². The molecule has 174 valence electrons. The van der Waals surface area contributed by atoms with Crippen molar-refractivity contribution < 1.29 is 4.79 Å². The molecular weight excluding hydrogens is 432 g/mol. The fourth-order valence-electron chi connectivity index (χ4n) is 4.23. The zero-order valence-electron chi connectivity index (χ0n) is 19.4. The molecule has 0 radical (unpaired) electrons. The van der Waals surface area contributed by atoms with E-state index in [1.807, 2.05) is 49.7 Å². The maximum Gasteiger partial charge on any atom is 0.228 e. The lowest BCUT2D eigenvalue weighted by atomic mass is 9.96. The smallest absolute Gasteiger partial charge is 0.228 e. The second kappa shape index (κ2) is 9.00. The highest BCUT2D eigenvalue weighted by Gasteiger charge is 2.26. The van der Waals surface area contributed by atoms with Crippen molar-refractivity contribution >= 4 is 17.5 Å². The molecule has 0 spiro atoms. The van der Waals surface area contributed by atoms with Crippen LogP contribution >= 0.6 is 0 Å². The van der Waals surface area contributed by atoms with Crippen LogP contribution in [0.1, 0.15) is 30.1 Å². The number of hydrogen-bond donors (Lipinski definition) is 1. The fraction of sp³-hybridized carbons (Fsp3) is 0.348. The van der Waals surface area contributed by atoms with Crippen LogP contribution in [0.3, 0.4) is 0 Å². The first-order valence-electron chi connectivity index (χ1n) is 11.2. The third-order valence-corrected chi connectivity index (χ3v) is 6.03. The van der Waals surface area contributed by atoms with Gasteiger partial charge in [0.15, 0.2) is 11.6 Å². The summed E-state index contributed by atoms with van der Waals surface area (Å²) < 4.78 is 3.63. The number of imidazole rings is 1. The van der Waals surface area contributed by atoms with Gasteiger partial charge in [0.2, 0.25) is 5.91 Å². The molecule has 0 unspecified atom stereocenters. The highest BCUT2D eigenvalue weighted by atomic mass is 16.2. The Hall–Kier alpha value is -4.15. The summed E-state index contributed by atoms with van der Waals surface area (Å²) >= 11 is 0. The van der Waals surface area contributed by atoms with Crippen LogP contribution in [0.5, 0.6) is 0 Å². The minimum atomic E-state index is -0.0911. The molecule has 11 heteroatoms. The lowest BCUT2D eigenvalue weighted by Crippen LogP contribution is -2.38. The van der Waals surface area contributed by atoms with Crippen molar-refractivity contribution in [2.45, 2.75) is 33.6 Å². The maximum absolute atomic E-state index is 12.9. The van der Waals surface area contributed by atoms with Crippen LogP contribution in [-0.2, 0) is 4.79 Å². The molecule has 5 heterocycles. The highest BCUT2D eigenvalue weighted by Crippen LogP contribution is 2.23. The average Bonchev–Trinajstić information content (AvgIpc) is 3.43. The van der Waals surface area contributed by atoms with Gasteiger partial charge in [-0.05, 0) is 51.8 Å². The normalized spacial score (nSPS) is 14.4. The second-order valence-corrected chi connectivity index (χ2v) is 8.45. The summed E-state index contributed by atoms with van der Waals surface area (Å²) in [5.41, 5.74) is 1.96. The molecule has 1 saturated heterocycles. The Bertz CT molecular complexity index is 1300. The first kappa shape index (κ1) is 21.7. The van der Waals surface area contributed by atoms with E-state index in [0.717, 1.165) is 49.0 Å². The molecule has 4 aromatic heterocycles. The Labute approximate surface area is 196 Å². The first-order valence-corrected chi connectivity index (χ1v) is 11.2. The van der Waals surface area contributed by atoms with E-state index in [9.17, 15) is 4.79 Å². The minimum absolute atomic E-state index is 0.0300. The lowest BCUT2D eigenvalue weighted by Gasteiger charge is -2.31. The van der Waals surface area contributed by atoms with E-state index in [4.69, 9.17) is 0 Å². The quantitative estimate of drug-likeness (QED) is 0.484. The Morgan fingerprint density at radius 3 is 2.38 bits per heavy atom. The molecule has 1 aliphatic rings. The summed E-state index contributed by atoms with van der Waals surface area (Å²) in [7, 11) is 0. The zero-order valence-corrected chi connectivity index (χ0v) is 19.4. The largest absolute Gasteiger partial charge is 0.355 e. The Morgan fingerprint density at radius 1 is 0.971 bits per heavy atom. The van der Waals surface area contributed by atoms with E-state index in [-0.39, 0.29) is 11.8 Å². The number of aromatic nitrogens is 8. The predicted octanol–water partition coefficient (Wildman–Crippen LogP) is 2.42.